The number of hydrogen-bond donors (Lipinski definition) is 2. The van der Waals surface area contributed by atoms with Crippen LogP contribution in [-0.2, 0) is 0 Å². The monoisotopic (exact) mass is 241 g/mol. The van der Waals surface area contributed by atoms with Gasteiger partial charge in [-0.3, -0.25) is 0 Å². The highest BCUT2D eigenvalue weighted by atomic mass is 32.2. The van der Waals surface area contributed by atoms with Crippen molar-refractivity contribution >= 4 is 11.8 Å². The number of benzene rings is 1. The Kier molecular flexibility index (Phi) is 3.52. The zero-order valence-corrected chi connectivity index (χ0v) is 9.84. The van der Waals surface area contributed by atoms with Crippen molar-refractivity contribution in [3.8, 4) is 0 Å². The van der Waals surface area contributed by atoms with Gasteiger partial charge in [0.2, 0.25) is 0 Å². The number of aliphatic hydroxyl groups excluding tert-OH is 1. The van der Waals surface area contributed by atoms with E-state index >= 15 is 0 Å². The largest absolute Gasteiger partial charge is 0.394 e. The van der Waals surface area contributed by atoms with Gasteiger partial charge in [-0.05, 0) is 37.5 Å². The van der Waals surface area contributed by atoms with Gasteiger partial charge in [0.15, 0.2) is 0 Å². The van der Waals surface area contributed by atoms with Gasteiger partial charge < -0.3 is 10.8 Å². The van der Waals surface area contributed by atoms with Gasteiger partial charge in [0.25, 0.3) is 0 Å². The van der Waals surface area contributed by atoms with Crippen LogP contribution in [0.1, 0.15) is 19.3 Å². The highest BCUT2D eigenvalue weighted by Crippen LogP contribution is 2.38. The van der Waals surface area contributed by atoms with Crippen molar-refractivity contribution in [1.82, 2.24) is 0 Å². The Morgan fingerprint density at radius 2 is 2.38 bits per heavy atom. The molecule has 0 amide bonds. The van der Waals surface area contributed by atoms with Crippen LogP contribution in [0.5, 0.6) is 0 Å². The Balaban J connectivity index is 1.97. The second kappa shape index (κ2) is 4.73. The predicted octanol–water partition coefficient (Wildman–Crippen LogP) is 2.16. The predicted molar refractivity (Wildman–Crippen MR) is 63.9 cm³/mol. The molecule has 0 aromatic heterocycles. The fraction of sp³-hybridized carbons (Fsp3) is 0.500. The van der Waals surface area contributed by atoms with Crippen LogP contribution < -0.4 is 5.73 Å². The lowest BCUT2D eigenvalue weighted by Gasteiger charge is -2.20. The Labute approximate surface area is 99.0 Å². The van der Waals surface area contributed by atoms with E-state index in [-0.39, 0.29) is 12.4 Å². The lowest BCUT2D eigenvalue weighted by molar-refractivity contribution is 0.200. The molecule has 88 valence electrons. The van der Waals surface area contributed by atoms with Gasteiger partial charge >= 0.3 is 0 Å². The van der Waals surface area contributed by atoms with Gasteiger partial charge in [-0.25, -0.2) is 4.39 Å². The summed E-state index contributed by atoms with van der Waals surface area (Å²) in [6.07, 6.45) is 2.62. The third-order valence-electron chi connectivity index (χ3n) is 3.01. The molecule has 3 N–H and O–H groups in total. The molecular formula is C12H16FNOS. The van der Waals surface area contributed by atoms with E-state index in [1.165, 1.54) is 6.07 Å². The Bertz CT molecular complexity index is 374. The minimum atomic E-state index is -0.426. The highest BCUT2D eigenvalue weighted by Gasteiger charge is 2.35. The van der Waals surface area contributed by atoms with E-state index in [1.54, 1.807) is 23.9 Å². The SMILES string of the molecule is NC1(CO)CCC(Sc2cccc(F)c2)C1. The quantitative estimate of drug-likeness (QED) is 0.852. The van der Waals surface area contributed by atoms with Crippen molar-refractivity contribution < 1.29 is 9.50 Å². The summed E-state index contributed by atoms with van der Waals surface area (Å²) in [4.78, 5) is 0.937. The standard InChI is InChI=1S/C12H16FNOS/c13-9-2-1-3-10(6-9)16-11-4-5-12(14,7-11)8-15/h1-3,6,11,15H,4-5,7-8,14H2. The van der Waals surface area contributed by atoms with Crippen molar-refractivity contribution in [2.45, 2.75) is 34.9 Å². The van der Waals surface area contributed by atoms with Crippen LogP contribution in [0.15, 0.2) is 29.2 Å². The summed E-state index contributed by atoms with van der Waals surface area (Å²) >= 11 is 1.65. The molecule has 1 aliphatic carbocycles. The second-order valence-corrected chi connectivity index (χ2v) is 5.83. The van der Waals surface area contributed by atoms with Crippen molar-refractivity contribution in [2.24, 2.45) is 5.73 Å². The summed E-state index contributed by atoms with van der Waals surface area (Å²) < 4.78 is 13.0. The van der Waals surface area contributed by atoms with E-state index in [0.717, 1.165) is 24.2 Å². The molecule has 4 heteroatoms. The average Bonchev–Trinajstić information content (AvgIpc) is 2.61. The van der Waals surface area contributed by atoms with Crippen LogP contribution in [0.25, 0.3) is 0 Å². The molecule has 1 saturated carbocycles. The molecule has 1 fully saturated rings. The Morgan fingerprint density at radius 1 is 1.56 bits per heavy atom. The zero-order chi connectivity index (χ0) is 11.6. The van der Waals surface area contributed by atoms with Gasteiger partial charge in [0, 0.05) is 15.7 Å². The molecule has 1 aromatic carbocycles. The molecule has 1 aliphatic rings. The first-order chi connectivity index (χ1) is 7.61. The maximum atomic E-state index is 13.0. The number of halogens is 1. The summed E-state index contributed by atoms with van der Waals surface area (Å²) in [5.74, 6) is -0.204. The molecule has 0 heterocycles. The number of aliphatic hydroxyl groups is 1. The molecule has 0 aliphatic heterocycles. The van der Waals surface area contributed by atoms with Crippen LogP contribution in [0, 0.1) is 5.82 Å². The Hall–Kier alpha value is -0.580. The van der Waals surface area contributed by atoms with Gasteiger partial charge in [0.1, 0.15) is 5.82 Å². The molecule has 2 atom stereocenters. The molecule has 2 nitrogen and oxygen atoms in total. The molecule has 2 rings (SSSR count). The number of hydrogen-bond acceptors (Lipinski definition) is 3. The van der Waals surface area contributed by atoms with E-state index in [2.05, 4.69) is 0 Å². The van der Waals surface area contributed by atoms with E-state index in [1.807, 2.05) is 6.07 Å². The zero-order valence-electron chi connectivity index (χ0n) is 9.03. The van der Waals surface area contributed by atoms with Crippen molar-refractivity contribution in [3.05, 3.63) is 30.1 Å². The van der Waals surface area contributed by atoms with E-state index < -0.39 is 5.54 Å². The summed E-state index contributed by atoms with van der Waals surface area (Å²) in [5, 5.41) is 9.55. The van der Waals surface area contributed by atoms with Gasteiger partial charge in [-0.2, -0.15) is 0 Å². The number of thioether (sulfide) groups is 1. The lowest BCUT2D eigenvalue weighted by atomic mass is 10.0. The maximum Gasteiger partial charge on any atom is 0.124 e. The molecule has 0 saturated heterocycles. The highest BCUT2D eigenvalue weighted by molar-refractivity contribution is 8.00. The molecule has 16 heavy (non-hydrogen) atoms. The summed E-state index contributed by atoms with van der Waals surface area (Å²) in [6.45, 7) is 0.0349. The summed E-state index contributed by atoms with van der Waals surface area (Å²) in [7, 11) is 0. The smallest absolute Gasteiger partial charge is 0.124 e. The molecule has 1 aromatic rings. The van der Waals surface area contributed by atoms with Crippen molar-refractivity contribution in [3.63, 3.8) is 0 Å². The van der Waals surface area contributed by atoms with E-state index in [0.29, 0.717) is 5.25 Å². The van der Waals surface area contributed by atoms with Crippen molar-refractivity contribution in [1.29, 1.82) is 0 Å². The number of nitrogens with two attached hydrogens (primary N) is 1. The molecule has 0 radical (unpaired) electrons. The number of rotatable bonds is 3. The van der Waals surface area contributed by atoms with Crippen LogP contribution >= 0.6 is 11.8 Å². The minimum Gasteiger partial charge on any atom is -0.394 e. The second-order valence-electron chi connectivity index (χ2n) is 4.46. The maximum absolute atomic E-state index is 13.0. The third-order valence-corrected chi connectivity index (χ3v) is 4.27. The average molecular weight is 241 g/mol. The molecular weight excluding hydrogens is 225 g/mol. The first-order valence-electron chi connectivity index (χ1n) is 5.43. The van der Waals surface area contributed by atoms with E-state index in [4.69, 9.17) is 10.8 Å². The van der Waals surface area contributed by atoms with Gasteiger partial charge in [0.05, 0.1) is 6.61 Å². The first-order valence-corrected chi connectivity index (χ1v) is 6.31. The topological polar surface area (TPSA) is 46.2 Å². The van der Waals surface area contributed by atoms with Crippen LogP contribution in [0.2, 0.25) is 0 Å². The fourth-order valence-corrected chi connectivity index (χ4v) is 3.46. The van der Waals surface area contributed by atoms with Crippen molar-refractivity contribution in [2.75, 3.05) is 6.61 Å². The Morgan fingerprint density at radius 3 is 3.00 bits per heavy atom. The molecule has 0 bridgehead atoms. The first kappa shape index (κ1) is 11.9. The van der Waals surface area contributed by atoms with Gasteiger partial charge in [-0.1, -0.05) is 6.07 Å². The summed E-state index contributed by atoms with van der Waals surface area (Å²) in [6, 6.07) is 6.61. The lowest BCUT2D eigenvalue weighted by Crippen LogP contribution is -2.40. The van der Waals surface area contributed by atoms with E-state index in [9.17, 15) is 4.39 Å². The fourth-order valence-electron chi connectivity index (χ4n) is 2.08. The molecule has 0 spiro atoms. The van der Waals surface area contributed by atoms with Gasteiger partial charge in [-0.15, -0.1) is 11.8 Å². The third kappa shape index (κ3) is 2.75. The van der Waals surface area contributed by atoms with Crippen LogP contribution in [-0.4, -0.2) is 22.5 Å². The van der Waals surface area contributed by atoms with Crippen LogP contribution in [0.3, 0.4) is 0 Å². The summed E-state index contributed by atoms with van der Waals surface area (Å²) in [5.41, 5.74) is 5.57. The minimum absolute atomic E-state index is 0.0349. The molecule has 2 unspecified atom stereocenters. The normalized spacial score (nSPS) is 29.6. The van der Waals surface area contributed by atoms with Crippen LogP contribution in [0.4, 0.5) is 4.39 Å².